The molecule has 7 nitrogen and oxygen atoms in total. The van der Waals surface area contributed by atoms with Gasteiger partial charge in [0, 0.05) is 31.7 Å². The second-order valence-electron chi connectivity index (χ2n) is 7.75. The predicted molar refractivity (Wildman–Crippen MR) is 126 cm³/mol. The molecule has 0 spiro atoms. The number of aryl methyl sites for hydroxylation is 1. The third kappa shape index (κ3) is 4.98. The molecule has 1 aromatic heterocycles. The maximum absolute atomic E-state index is 13.5. The highest BCUT2D eigenvalue weighted by Crippen LogP contribution is 2.31. The van der Waals surface area contributed by atoms with Gasteiger partial charge in [-0.1, -0.05) is 23.5 Å². The Morgan fingerprint density at radius 2 is 1.84 bits per heavy atom. The fourth-order valence-electron chi connectivity index (χ4n) is 3.77. The van der Waals surface area contributed by atoms with Gasteiger partial charge < -0.3 is 9.47 Å². The molecule has 1 aliphatic heterocycles. The van der Waals surface area contributed by atoms with Crippen LogP contribution in [0.1, 0.15) is 32.7 Å². The van der Waals surface area contributed by atoms with Crippen LogP contribution in [0.3, 0.4) is 0 Å². The number of nitrogens with zero attached hydrogens (tertiary/aromatic N) is 3. The first kappa shape index (κ1) is 22.4. The number of aromatic nitrogens is 1. The van der Waals surface area contributed by atoms with Crippen LogP contribution in [-0.4, -0.2) is 68.3 Å². The van der Waals surface area contributed by atoms with Crippen molar-refractivity contribution in [2.24, 2.45) is 0 Å². The highest BCUT2D eigenvalue weighted by molar-refractivity contribution is 7.22. The van der Waals surface area contributed by atoms with Crippen LogP contribution in [0, 0.1) is 6.92 Å². The van der Waals surface area contributed by atoms with Crippen molar-refractivity contribution in [1.29, 1.82) is 0 Å². The van der Waals surface area contributed by atoms with Gasteiger partial charge in [0.2, 0.25) is 0 Å². The van der Waals surface area contributed by atoms with Crippen molar-refractivity contribution in [2.45, 2.75) is 13.3 Å². The molecule has 4 rings (SSSR count). The maximum Gasteiger partial charge on any atom is 0.337 e. The molecule has 0 atom stereocenters. The van der Waals surface area contributed by atoms with E-state index in [9.17, 15) is 9.59 Å². The van der Waals surface area contributed by atoms with Gasteiger partial charge in [0.1, 0.15) is 0 Å². The van der Waals surface area contributed by atoms with E-state index >= 15 is 0 Å². The van der Waals surface area contributed by atoms with E-state index in [1.165, 1.54) is 18.4 Å². The highest BCUT2D eigenvalue weighted by atomic mass is 32.1. The van der Waals surface area contributed by atoms with Crippen molar-refractivity contribution >= 4 is 38.6 Å². The smallest absolute Gasteiger partial charge is 0.337 e. The summed E-state index contributed by atoms with van der Waals surface area (Å²) < 4.78 is 11.2. The molecule has 0 bridgehead atoms. The van der Waals surface area contributed by atoms with Crippen LogP contribution in [0.25, 0.3) is 10.2 Å². The van der Waals surface area contributed by atoms with Gasteiger partial charge in [0.05, 0.1) is 36.1 Å². The van der Waals surface area contributed by atoms with E-state index in [-0.39, 0.29) is 5.91 Å². The topological polar surface area (TPSA) is 72.0 Å². The van der Waals surface area contributed by atoms with Gasteiger partial charge in [-0.15, -0.1) is 0 Å². The Kier molecular flexibility index (Phi) is 7.14. The third-order valence-corrected chi connectivity index (χ3v) is 6.64. The van der Waals surface area contributed by atoms with E-state index in [4.69, 9.17) is 14.5 Å². The molecule has 3 aromatic rings. The van der Waals surface area contributed by atoms with Gasteiger partial charge >= 0.3 is 5.97 Å². The largest absolute Gasteiger partial charge is 0.465 e. The molecule has 168 valence electrons. The molecular weight excluding hydrogens is 426 g/mol. The van der Waals surface area contributed by atoms with E-state index in [1.807, 2.05) is 25.1 Å². The Balaban J connectivity index is 1.57. The lowest BCUT2D eigenvalue weighted by atomic mass is 10.1. The Morgan fingerprint density at radius 3 is 2.53 bits per heavy atom. The van der Waals surface area contributed by atoms with Crippen LogP contribution in [0.2, 0.25) is 0 Å². The van der Waals surface area contributed by atoms with E-state index in [0.717, 1.165) is 55.0 Å². The number of benzene rings is 2. The number of methoxy groups -OCH3 is 1. The summed E-state index contributed by atoms with van der Waals surface area (Å²) in [6.07, 6.45) is 0.834. The number of para-hydroxylation sites is 1. The third-order valence-electron chi connectivity index (χ3n) is 5.60. The van der Waals surface area contributed by atoms with Crippen LogP contribution < -0.4 is 4.90 Å². The first-order valence-corrected chi connectivity index (χ1v) is 11.5. The van der Waals surface area contributed by atoms with Crippen molar-refractivity contribution in [1.82, 2.24) is 9.88 Å². The molecule has 0 N–H and O–H groups in total. The maximum atomic E-state index is 13.5. The average Bonchev–Trinajstić information content (AvgIpc) is 3.27. The number of fused-ring (bicyclic) bond motifs is 1. The highest BCUT2D eigenvalue weighted by Gasteiger charge is 2.22. The summed E-state index contributed by atoms with van der Waals surface area (Å²) in [5.74, 6) is -0.548. The van der Waals surface area contributed by atoms with Gasteiger partial charge in [-0.25, -0.2) is 9.78 Å². The molecule has 0 radical (unpaired) electrons. The fourth-order valence-corrected chi connectivity index (χ4v) is 4.84. The number of hydrogen-bond donors (Lipinski definition) is 0. The number of hydrogen-bond acceptors (Lipinski definition) is 7. The lowest BCUT2D eigenvalue weighted by Gasteiger charge is -2.27. The van der Waals surface area contributed by atoms with Crippen molar-refractivity contribution in [3.8, 4) is 0 Å². The molecule has 1 amide bonds. The lowest BCUT2D eigenvalue weighted by Crippen LogP contribution is -2.39. The van der Waals surface area contributed by atoms with Crippen LogP contribution >= 0.6 is 11.3 Å². The van der Waals surface area contributed by atoms with E-state index < -0.39 is 5.97 Å². The minimum absolute atomic E-state index is 0.125. The molecule has 0 aliphatic carbocycles. The molecule has 32 heavy (non-hydrogen) atoms. The second kappa shape index (κ2) is 10.2. The van der Waals surface area contributed by atoms with Crippen LogP contribution in [-0.2, 0) is 9.47 Å². The Morgan fingerprint density at radius 1 is 1.12 bits per heavy atom. The fraction of sp³-hybridized carbons (Fsp3) is 0.375. The summed E-state index contributed by atoms with van der Waals surface area (Å²) >= 11 is 1.53. The van der Waals surface area contributed by atoms with Crippen LogP contribution in [0.4, 0.5) is 5.13 Å². The molecule has 1 aliphatic rings. The molecule has 0 unspecified atom stereocenters. The Bertz CT molecular complexity index is 1090. The average molecular weight is 454 g/mol. The van der Waals surface area contributed by atoms with Crippen LogP contribution in [0.15, 0.2) is 42.5 Å². The van der Waals surface area contributed by atoms with E-state index in [2.05, 4.69) is 4.90 Å². The first-order valence-electron chi connectivity index (χ1n) is 10.7. The number of thiazole rings is 1. The van der Waals surface area contributed by atoms with Crippen molar-refractivity contribution in [3.63, 3.8) is 0 Å². The quantitative estimate of drug-likeness (QED) is 0.507. The van der Waals surface area contributed by atoms with E-state index in [0.29, 0.717) is 22.8 Å². The molecular formula is C24H27N3O4S. The zero-order valence-electron chi connectivity index (χ0n) is 18.4. The Hall–Kier alpha value is -2.81. The Labute approximate surface area is 191 Å². The number of esters is 1. The number of ether oxygens (including phenoxy) is 2. The minimum atomic E-state index is -0.423. The number of carbonyl (C=O) groups excluding carboxylic acids is 2. The molecule has 1 fully saturated rings. The molecule has 2 heterocycles. The van der Waals surface area contributed by atoms with Crippen LogP contribution in [0.5, 0.6) is 0 Å². The molecule has 1 saturated heterocycles. The van der Waals surface area contributed by atoms with Gasteiger partial charge in [-0.2, -0.15) is 0 Å². The zero-order valence-corrected chi connectivity index (χ0v) is 19.2. The monoisotopic (exact) mass is 453 g/mol. The molecule has 8 heteroatoms. The van der Waals surface area contributed by atoms with Gasteiger partial charge in [-0.3, -0.25) is 14.6 Å². The van der Waals surface area contributed by atoms with Gasteiger partial charge in [-0.05, 0) is 49.2 Å². The van der Waals surface area contributed by atoms with Gasteiger partial charge in [0.25, 0.3) is 5.91 Å². The standard InChI is InChI=1S/C24H27N3O4S/c1-17-5-3-6-20-21(17)25-24(32-20)27(12-4-11-26-13-15-31-16-14-26)22(28)18-7-9-19(10-8-18)23(29)30-2/h3,5-10H,4,11-16H2,1-2H3. The molecule has 2 aromatic carbocycles. The number of anilines is 1. The second-order valence-corrected chi connectivity index (χ2v) is 8.76. The summed E-state index contributed by atoms with van der Waals surface area (Å²) in [6.45, 7) is 6.85. The lowest BCUT2D eigenvalue weighted by molar-refractivity contribution is 0.0376. The van der Waals surface area contributed by atoms with E-state index in [1.54, 1.807) is 29.2 Å². The predicted octanol–water partition coefficient (Wildman–Crippen LogP) is 3.76. The van der Waals surface area contributed by atoms with Crippen molar-refractivity contribution < 1.29 is 19.1 Å². The number of amides is 1. The number of morpholine rings is 1. The SMILES string of the molecule is COC(=O)c1ccc(C(=O)N(CCCN2CCOCC2)c2nc3c(C)cccc3s2)cc1. The summed E-state index contributed by atoms with van der Waals surface area (Å²) in [5.41, 5.74) is 2.95. The number of rotatable bonds is 7. The summed E-state index contributed by atoms with van der Waals surface area (Å²) in [7, 11) is 1.34. The first-order chi connectivity index (χ1) is 15.6. The molecule has 0 saturated carbocycles. The van der Waals surface area contributed by atoms with Crippen molar-refractivity contribution in [3.05, 3.63) is 59.2 Å². The van der Waals surface area contributed by atoms with Crippen molar-refractivity contribution in [2.75, 3.05) is 51.4 Å². The zero-order chi connectivity index (χ0) is 22.5. The minimum Gasteiger partial charge on any atom is -0.465 e. The summed E-state index contributed by atoms with van der Waals surface area (Å²) in [4.78, 5) is 34.1. The summed E-state index contributed by atoms with van der Waals surface area (Å²) in [6, 6.07) is 12.6. The number of carbonyl (C=O) groups is 2. The normalized spacial score (nSPS) is 14.4. The van der Waals surface area contributed by atoms with Gasteiger partial charge in [0.15, 0.2) is 5.13 Å². The summed E-state index contributed by atoms with van der Waals surface area (Å²) in [5, 5.41) is 0.693.